The monoisotopic (exact) mass is 641 g/mol. The van der Waals surface area contributed by atoms with E-state index in [1.807, 2.05) is 48.5 Å². The smallest absolute Gasteiger partial charge is 0.114 e. The molecule has 0 aliphatic rings. The molecule has 2 nitrogen and oxygen atoms in total. The van der Waals surface area contributed by atoms with Crippen molar-refractivity contribution < 1.29 is 20.6 Å². The van der Waals surface area contributed by atoms with E-state index in [4.69, 9.17) is 20.6 Å². The van der Waals surface area contributed by atoms with E-state index in [9.17, 15) is 0 Å². The summed E-state index contributed by atoms with van der Waals surface area (Å²) in [5.74, 6) is -0.232. The molecule has 0 atom stereocenters. The number of nitrogens with zero attached hydrogens (tertiary/aromatic N) is 2. The molecule has 232 valence electrons. The standard InChI is InChI=1S/C47H34N2/c1-2-45-48-43-19-11-12-20-44(43)49(45)38-28-25-33(26-29-38)32-21-23-34(24-22-32)37-27-30-41-42(31-37)47(36-15-7-4-8-16-36)40-18-10-9-17-39(40)46(41)35-13-5-3-6-14-35/h3-31H,2H2,1H3/i1D3,2D2,3D,4D,5D,6D,7D,8D,13D,14D,15D,16D. The molecule has 0 aliphatic carbocycles. The van der Waals surface area contributed by atoms with E-state index in [0.29, 0.717) is 55.0 Å². The maximum Gasteiger partial charge on any atom is 0.114 e. The molecule has 2 heteroatoms. The first-order valence-corrected chi connectivity index (χ1v) is 15.7. The van der Waals surface area contributed by atoms with E-state index in [-0.39, 0.29) is 17.0 Å². The third kappa shape index (κ3) is 5.01. The van der Waals surface area contributed by atoms with Gasteiger partial charge in [0.25, 0.3) is 0 Å². The summed E-state index contributed by atoms with van der Waals surface area (Å²) in [5.41, 5.74) is 5.24. The quantitative estimate of drug-likeness (QED) is 0.165. The molecule has 9 rings (SSSR count). The molecule has 0 radical (unpaired) electrons. The van der Waals surface area contributed by atoms with E-state index in [1.165, 1.54) is 4.57 Å². The molecule has 0 fully saturated rings. The molecular weight excluding hydrogens is 593 g/mol. The maximum atomic E-state index is 9.02. The number of aryl methyl sites for hydroxylation is 1. The minimum Gasteiger partial charge on any atom is -0.296 e. The lowest BCUT2D eigenvalue weighted by atomic mass is 9.85. The van der Waals surface area contributed by atoms with Crippen LogP contribution in [0.15, 0.2) is 176 Å². The van der Waals surface area contributed by atoms with Gasteiger partial charge in [0.15, 0.2) is 0 Å². The second-order valence-corrected chi connectivity index (χ2v) is 11.6. The maximum absolute atomic E-state index is 9.02. The lowest BCUT2D eigenvalue weighted by Crippen LogP contribution is -1.99. The molecule has 0 N–H and O–H groups in total. The Balaban J connectivity index is 1.21. The fourth-order valence-electron chi connectivity index (χ4n) is 6.68. The summed E-state index contributed by atoms with van der Waals surface area (Å²) in [5, 5.41) is 1.80. The Kier molecular flexibility index (Phi) is 4.25. The van der Waals surface area contributed by atoms with Crippen molar-refractivity contribution in [1.82, 2.24) is 9.55 Å². The number of hydrogen-bond acceptors (Lipinski definition) is 1. The number of para-hydroxylation sites is 2. The number of imidazole rings is 1. The van der Waals surface area contributed by atoms with Gasteiger partial charge in [0.1, 0.15) is 5.82 Å². The van der Waals surface area contributed by atoms with Crippen LogP contribution in [0, 0.1) is 0 Å². The molecule has 8 aromatic carbocycles. The van der Waals surface area contributed by atoms with Crippen LogP contribution in [0.1, 0.15) is 33.2 Å². The number of benzene rings is 8. The zero-order chi connectivity index (χ0) is 45.7. The molecule has 0 amide bonds. The van der Waals surface area contributed by atoms with Gasteiger partial charge in [-0.15, -0.1) is 0 Å². The number of fused-ring (bicyclic) bond motifs is 3. The van der Waals surface area contributed by atoms with Crippen LogP contribution >= 0.6 is 0 Å². The van der Waals surface area contributed by atoms with Gasteiger partial charge < -0.3 is 0 Å². The lowest BCUT2D eigenvalue weighted by Gasteiger charge is -2.18. The second-order valence-electron chi connectivity index (χ2n) is 11.6. The van der Waals surface area contributed by atoms with Gasteiger partial charge in [-0.1, -0.05) is 152 Å². The van der Waals surface area contributed by atoms with Gasteiger partial charge in [-0.3, -0.25) is 4.57 Å². The molecule has 0 spiro atoms. The predicted molar refractivity (Wildman–Crippen MR) is 207 cm³/mol. The van der Waals surface area contributed by atoms with E-state index in [0.717, 1.165) is 16.7 Å². The molecule has 9 aromatic rings. The molecule has 49 heavy (non-hydrogen) atoms. The Labute approximate surface area is 307 Å². The second kappa shape index (κ2) is 12.1. The van der Waals surface area contributed by atoms with Crippen molar-refractivity contribution in [3.05, 3.63) is 182 Å². The molecule has 1 aromatic heterocycles. The normalized spacial score (nSPS) is 16.4. The van der Waals surface area contributed by atoms with Crippen LogP contribution in [-0.2, 0) is 6.37 Å². The average molecular weight is 642 g/mol. The summed E-state index contributed by atoms with van der Waals surface area (Å²) in [4.78, 5) is 4.41. The Morgan fingerprint density at radius 1 is 0.531 bits per heavy atom. The molecule has 0 bridgehead atoms. The molecule has 0 saturated carbocycles. The van der Waals surface area contributed by atoms with E-state index in [2.05, 4.69) is 4.98 Å². The van der Waals surface area contributed by atoms with Crippen LogP contribution < -0.4 is 0 Å². The highest BCUT2D eigenvalue weighted by atomic mass is 15.1. The minimum absolute atomic E-state index is 0.0311. The zero-order valence-corrected chi connectivity index (χ0v) is 25.9. The van der Waals surface area contributed by atoms with E-state index in [1.54, 1.807) is 66.7 Å². The highest BCUT2D eigenvalue weighted by Gasteiger charge is 2.17. The van der Waals surface area contributed by atoms with Gasteiger partial charge in [-0.25, -0.2) is 4.98 Å². The highest BCUT2D eigenvalue weighted by Crippen LogP contribution is 2.44. The fourth-order valence-corrected chi connectivity index (χ4v) is 6.68. The van der Waals surface area contributed by atoms with Crippen molar-refractivity contribution in [1.29, 1.82) is 0 Å². The minimum atomic E-state index is -2.97. The predicted octanol–water partition coefficient (Wildman–Crippen LogP) is 12.6. The van der Waals surface area contributed by atoms with E-state index >= 15 is 0 Å². The van der Waals surface area contributed by atoms with E-state index < -0.39 is 73.6 Å². The van der Waals surface area contributed by atoms with Crippen LogP contribution in [-0.4, -0.2) is 9.55 Å². The summed E-state index contributed by atoms with van der Waals surface area (Å²) in [6.07, 6.45) is -2.74. The lowest BCUT2D eigenvalue weighted by molar-refractivity contribution is 0.908. The Bertz CT molecular complexity index is 3330. The number of aromatic nitrogens is 2. The van der Waals surface area contributed by atoms with Crippen LogP contribution in [0.4, 0.5) is 0 Å². The van der Waals surface area contributed by atoms with Gasteiger partial charge in [0.2, 0.25) is 0 Å². The SMILES string of the molecule is [2H]c1c([2H])c([2H])c(-c2c3ccccc3c(-c3c([2H])c([2H])c([2H])c([2H])c3[2H])c3cc(-c4ccc(-c5ccc(-n6c(C([2H])([2H])C([2H])([2H])[2H])nc7ccccc76)cc5)cc4)ccc23)c([2H])c1[2H]. The largest absolute Gasteiger partial charge is 0.296 e. The van der Waals surface area contributed by atoms with Gasteiger partial charge in [-0.05, 0) is 96.4 Å². The summed E-state index contributed by atoms with van der Waals surface area (Å²) >= 11 is 0. The topological polar surface area (TPSA) is 17.8 Å². The van der Waals surface area contributed by atoms with Gasteiger partial charge in [0, 0.05) is 18.9 Å². The first-order valence-electron chi connectivity index (χ1n) is 23.2. The third-order valence-corrected chi connectivity index (χ3v) is 8.87. The zero-order valence-electron chi connectivity index (χ0n) is 40.9. The first kappa shape index (κ1) is 17.2. The van der Waals surface area contributed by atoms with Gasteiger partial charge in [0.05, 0.1) is 24.7 Å². The average Bonchev–Trinajstić information content (AvgIpc) is 3.70. The Hall–Kier alpha value is -6.25. The van der Waals surface area contributed by atoms with Crippen molar-refractivity contribution in [3.63, 3.8) is 0 Å². The number of rotatable bonds is 6. The van der Waals surface area contributed by atoms with Gasteiger partial charge >= 0.3 is 0 Å². The van der Waals surface area contributed by atoms with Crippen molar-refractivity contribution in [2.45, 2.75) is 13.2 Å². The molecule has 0 aliphatic heterocycles. The van der Waals surface area contributed by atoms with Crippen LogP contribution in [0.2, 0.25) is 0 Å². The van der Waals surface area contributed by atoms with Crippen molar-refractivity contribution in [3.8, 4) is 50.2 Å². The van der Waals surface area contributed by atoms with Crippen LogP contribution in [0.25, 0.3) is 82.8 Å². The third-order valence-electron chi connectivity index (χ3n) is 8.87. The summed E-state index contributed by atoms with van der Waals surface area (Å²) in [7, 11) is 0. The highest BCUT2D eigenvalue weighted by molar-refractivity contribution is 6.21. The fraction of sp³-hybridized carbons (Fsp3) is 0.0426. The van der Waals surface area contributed by atoms with Crippen molar-refractivity contribution in [2.75, 3.05) is 0 Å². The molecular formula is C47H34N2. The first-order chi connectivity index (χ1) is 30.3. The summed E-state index contributed by atoms with van der Waals surface area (Å²) in [6.45, 7) is -2.97. The number of hydrogen-bond donors (Lipinski definition) is 0. The molecule has 1 heterocycles. The Morgan fingerprint density at radius 3 is 1.67 bits per heavy atom. The summed E-state index contributed by atoms with van der Waals surface area (Å²) in [6, 6.07) is 29.4. The summed E-state index contributed by atoms with van der Waals surface area (Å²) < 4.78 is 129. The van der Waals surface area contributed by atoms with Crippen molar-refractivity contribution in [2.24, 2.45) is 0 Å². The van der Waals surface area contributed by atoms with Crippen LogP contribution in [0.3, 0.4) is 0 Å². The Morgan fingerprint density at radius 2 is 1.04 bits per heavy atom. The molecule has 0 unspecified atom stereocenters. The van der Waals surface area contributed by atoms with Crippen molar-refractivity contribution >= 4 is 32.6 Å². The molecule has 0 saturated heterocycles. The van der Waals surface area contributed by atoms with Gasteiger partial charge in [-0.2, -0.15) is 0 Å². The van der Waals surface area contributed by atoms with Crippen LogP contribution in [0.5, 0.6) is 0 Å².